The van der Waals surface area contributed by atoms with Gasteiger partial charge in [0.1, 0.15) is 11.5 Å². The maximum atomic E-state index is 10.6. The van der Waals surface area contributed by atoms with Gasteiger partial charge in [-0.15, -0.1) is 0 Å². The molecule has 2 rings (SSSR count). The average molecular weight is 180 g/mol. The summed E-state index contributed by atoms with van der Waals surface area (Å²) in [5.74, 6) is 1.04. The highest BCUT2D eigenvalue weighted by atomic mass is 16.4. The van der Waals surface area contributed by atoms with Crippen LogP contribution in [0.1, 0.15) is 47.8 Å². The lowest BCUT2D eigenvalue weighted by Gasteiger charge is -2.03. The van der Waals surface area contributed by atoms with E-state index in [2.05, 4.69) is 4.98 Å². The number of hydrogen-bond donors (Lipinski definition) is 1. The number of carbonyl (C=O) groups excluding carboxylic acids is 1. The third kappa shape index (κ3) is 1.43. The molecule has 0 saturated heterocycles. The van der Waals surface area contributed by atoms with Gasteiger partial charge < -0.3 is 10.2 Å². The molecule has 1 saturated carbocycles. The molecule has 13 heavy (non-hydrogen) atoms. The molecule has 0 aliphatic heterocycles. The van der Waals surface area contributed by atoms with Gasteiger partial charge in [0.15, 0.2) is 6.29 Å². The topological polar surface area (TPSA) is 69.1 Å². The fraction of sp³-hybridized carbons (Fsp3) is 0.556. The van der Waals surface area contributed by atoms with Crippen LogP contribution in [0.5, 0.6) is 0 Å². The van der Waals surface area contributed by atoms with Crippen LogP contribution >= 0.6 is 0 Å². The first-order valence-corrected chi connectivity index (χ1v) is 4.52. The van der Waals surface area contributed by atoms with Crippen LogP contribution in [-0.4, -0.2) is 11.3 Å². The van der Waals surface area contributed by atoms with Crippen LogP contribution in [0.3, 0.4) is 0 Å². The highest BCUT2D eigenvalue weighted by molar-refractivity contribution is 5.74. The Morgan fingerprint density at radius 2 is 2.15 bits per heavy atom. The second-order valence-electron chi connectivity index (χ2n) is 3.40. The predicted octanol–water partition coefficient (Wildman–Crippen LogP) is 1.73. The highest BCUT2D eigenvalue weighted by Crippen LogP contribution is 2.36. The summed E-state index contributed by atoms with van der Waals surface area (Å²) in [7, 11) is 0. The maximum Gasteiger partial charge on any atom is 0.292 e. The van der Waals surface area contributed by atoms with Crippen molar-refractivity contribution in [1.82, 2.24) is 4.98 Å². The lowest BCUT2D eigenvalue weighted by Crippen LogP contribution is -1.94. The molecular formula is C9H12N2O2. The lowest BCUT2D eigenvalue weighted by molar-refractivity contribution is 0.111. The SMILES string of the molecule is Nc1nc(C=O)c(C2CCCC2)o1. The van der Waals surface area contributed by atoms with Crippen LogP contribution in [0, 0.1) is 0 Å². The molecule has 4 nitrogen and oxygen atoms in total. The molecule has 0 aromatic carbocycles. The summed E-state index contributed by atoms with van der Waals surface area (Å²) >= 11 is 0. The number of nitrogens with zero attached hydrogens (tertiary/aromatic N) is 1. The lowest BCUT2D eigenvalue weighted by atomic mass is 10.0. The molecule has 0 amide bonds. The minimum Gasteiger partial charge on any atom is -0.428 e. The van der Waals surface area contributed by atoms with E-state index in [1.54, 1.807) is 0 Å². The Labute approximate surface area is 76.1 Å². The van der Waals surface area contributed by atoms with Crippen LogP contribution in [0.15, 0.2) is 4.42 Å². The van der Waals surface area contributed by atoms with Crippen molar-refractivity contribution in [2.24, 2.45) is 0 Å². The van der Waals surface area contributed by atoms with E-state index < -0.39 is 0 Å². The molecule has 0 atom stereocenters. The monoisotopic (exact) mass is 180 g/mol. The van der Waals surface area contributed by atoms with Gasteiger partial charge in [-0.2, -0.15) is 4.98 Å². The standard InChI is InChI=1S/C9H12N2O2/c10-9-11-7(5-12)8(13-9)6-3-1-2-4-6/h5-6H,1-4H2,(H2,10,11). The molecule has 1 aromatic heterocycles. The van der Waals surface area contributed by atoms with Crippen molar-refractivity contribution >= 4 is 12.3 Å². The number of hydrogen-bond acceptors (Lipinski definition) is 4. The van der Waals surface area contributed by atoms with Gasteiger partial charge in [0, 0.05) is 5.92 Å². The second-order valence-corrected chi connectivity index (χ2v) is 3.40. The Balaban J connectivity index is 2.31. The molecular weight excluding hydrogens is 168 g/mol. The third-order valence-corrected chi connectivity index (χ3v) is 2.54. The van der Waals surface area contributed by atoms with Crippen molar-refractivity contribution in [3.8, 4) is 0 Å². The van der Waals surface area contributed by atoms with E-state index in [1.807, 2.05) is 0 Å². The molecule has 4 heteroatoms. The number of aromatic nitrogens is 1. The average Bonchev–Trinajstić information content (AvgIpc) is 2.71. The third-order valence-electron chi connectivity index (χ3n) is 2.54. The molecule has 0 radical (unpaired) electrons. The van der Waals surface area contributed by atoms with Gasteiger partial charge in [-0.05, 0) is 12.8 Å². The summed E-state index contributed by atoms with van der Waals surface area (Å²) in [6.07, 6.45) is 5.27. The first-order chi connectivity index (χ1) is 6.31. The highest BCUT2D eigenvalue weighted by Gasteiger charge is 2.24. The fourth-order valence-electron chi connectivity index (χ4n) is 1.93. The van der Waals surface area contributed by atoms with E-state index in [0.29, 0.717) is 23.7 Å². The van der Waals surface area contributed by atoms with E-state index in [4.69, 9.17) is 10.2 Å². The second kappa shape index (κ2) is 3.20. The Morgan fingerprint density at radius 3 is 2.77 bits per heavy atom. The van der Waals surface area contributed by atoms with Crippen LogP contribution in [0.25, 0.3) is 0 Å². The van der Waals surface area contributed by atoms with Crippen molar-refractivity contribution in [3.05, 3.63) is 11.5 Å². The van der Waals surface area contributed by atoms with Crippen LogP contribution in [0.4, 0.5) is 6.01 Å². The van der Waals surface area contributed by atoms with E-state index in [-0.39, 0.29) is 6.01 Å². The summed E-state index contributed by atoms with van der Waals surface area (Å²) in [6.45, 7) is 0. The Hall–Kier alpha value is -1.32. The van der Waals surface area contributed by atoms with Crippen LogP contribution < -0.4 is 5.73 Å². The minimum atomic E-state index is 0.101. The van der Waals surface area contributed by atoms with E-state index in [1.165, 1.54) is 12.8 Å². The fourth-order valence-corrected chi connectivity index (χ4v) is 1.93. The van der Waals surface area contributed by atoms with Crippen molar-refractivity contribution in [2.75, 3.05) is 5.73 Å². The van der Waals surface area contributed by atoms with Crippen molar-refractivity contribution in [3.63, 3.8) is 0 Å². The van der Waals surface area contributed by atoms with Gasteiger partial charge in [0.25, 0.3) is 6.01 Å². The molecule has 70 valence electrons. The maximum absolute atomic E-state index is 10.6. The Morgan fingerprint density at radius 1 is 1.46 bits per heavy atom. The minimum absolute atomic E-state index is 0.101. The number of aldehydes is 1. The predicted molar refractivity (Wildman–Crippen MR) is 47.5 cm³/mol. The molecule has 0 bridgehead atoms. The normalized spacial score (nSPS) is 17.8. The zero-order valence-electron chi connectivity index (χ0n) is 7.32. The van der Waals surface area contributed by atoms with Crippen molar-refractivity contribution < 1.29 is 9.21 Å². The molecule has 0 unspecified atom stereocenters. The number of nitrogens with two attached hydrogens (primary N) is 1. The van der Waals surface area contributed by atoms with Crippen molar-refractivity contribution in [2.45, 2.75) is 31.6 Å². The first kappa shape index (κ1) is 8.29. The molecule has 0 spiro atoms. The number of rotatable bonds is 2. The Bertz CT molecular complexity index is 313. The zero-order valence-corrected chi connectivity index (χ0v) is 7.32. The number of nitrogen functional groups attached to an aromatic ring is 1. The number of carbonyl (C=O) groups is 1. The van der Waals surface area contributed by atoms with Gasteiger partial charge in [0.05, 0.1) is 0 Å². The van der Waals surface area contributed by atoms with Gasteiger partial charge >= 0.3 is 0 Å². The van der Waals surface area contributed by atoms with E-state index in [9.17, 15) is 4.79 Å². The number of oxazole rings is 1. The molecule has 1 heterocycles. The molecule has 2 N–H and O–H groups in total. The van der Waals surface area contributed by atoms with Gasteiger partial charge in [-0.3, -0.25) is 4.79 Å². The number of anilines is 1. The Kier molecular flexibility index (Phi) is 2.04. The summed E-state index contributed by atoms with van der Waals surface area (Å²) in [5.41, 5.74) is 5.77. The van der Waals surface area contributed by atoms with E-state index in [0.717, 1.165) is 12.8 Å². The molecule has 1 fully saturated rings. The largest absolute Gasteiger partial charge is 0.428 e. The van der Waals surface area contributed by atoms with Gasteiger partial charge in [-0.1, -0.05) is 12.8 Å². The van der Waals surface area contributed by atoms with Crippen LogP contribution in [-0.2, 0) is 0 Å². The molecule has 1 aliphatic rings. The quantitative estimate of drug-likeness (QED) is 0.703. The first-order valence-electron chi connectivity index (χ1n) is 4.52. The van der Waals surface area contributed by atoms with E-state index >= 15 is 0 Å². The van der Waals surface area contributed by atoms with Crippen molar-refractivity contribution in [1.29, 1.82) is 0 Å². The summed E-state index contributed by atoms with van der Waals surface area (Å²) < 4.78 is 5.22. The smallest absolute Gasteiger partial charge is 0.292 e. The van der Waals surface area contributed by atoms with Gasteiger partial charge in [0.2, 0.25) is 0 Å². The van der Waals surface area contributed by atoms with Crippen LogP contribution in [0.2, 0.25) is 0 Å². The zero-order chi connectivity index (χ0) is 9.26. The molecule has 1 aliphatic carbocycles. The summed E-state index contributed by atoms with van der Waals surface area (Å²) in [6, 6.07) is 0.101. The van der Waals surface area contributed by atoms with Gasteiger partial charge in [-0.25, -0.2) is 0 Å². The molecule has 1 aromatic rings. The summed E-state index contributed by atoms with van der Waals surface area (Å²) in [4.78, 5) is 14.4. The summed E-state index contributed by atoms with van der Waals surface area (Å²) in [5, 5.41) is 0.